The largest absolute Gasteiger partial charge is 0.505 e. The van der Waals surface area contributed by atoms with Crippen molar-refractivity contribution in [3.8, 4) is 0 Å². The first kappa shape index (κ1) is 9.53. The third kappa shape index (κ3) is 4.41. The molecular weight excluding hydrogens is 155 g/mol. The predicted octanol–water partition coefficient (Wildman–Crippen LogP) is 0.832. The van der Waals surface area contributed by atoms with Gasteiger partial charge in [-0.1, -0.05) is 6.92 Å². The summed E-state index contributed by atoms with van der Waals surface area (Å²) in [6.07, 6.45) is 0.337. The molecule has 0 aromatic heterocycles. The second-order valence-electron chi connectivity index (χ2n) is 2.10. The highest BCUT2D eigenvalue weighted by Crippen LogP contribution is 2.17. The molecular formula is C5H10O4P+. The molecule has 10 heavy (non-hydrogen) atoms. The van der Waals surface area contributed by atoms with Crippen LogP contribution in [-0.4, -0.2) is 22.1 Å². The fourth-order valence-corrected chi connectivity index (χ4v) is 1.04. The molecule has 0 amide bonds. The van der Waals surface area contributed by atoms with Gasteiger partial charge in [-0.3, -0.25) is 4.79 Å². The molecule has 2 N–H and O–H groups in total. The summed E-state index contributed by atoms with van der Waals surface area (Å²) in [5.74, 6) is -1.44. The van der Waals surface area contributed by atoms with Crippen molar-refractivity contribution in [2.45, 2.75) is 13.3 Å². The summed E-state index contributed by atoms with van der Waals surface area (Å²) in [6, 6.07) is 0. The molecule has 2 atom stereocenters. The van der Waals surface area contributed by atoms with Crippen molar-refractivity contribution in [1.82, 2.24) is 0 Å². The van der Waals surface area contributed by atoms with Gasteiger partial charge in [0.15, 0.2) is 6.16 Å². The van der Waals surface area contributed by atoms with E-state index in [1.165, 1.54) is 6.92 Å². The van der Waals surface area contributed by atoms with Crippen LogP contribution in [0.5, 0.6) is 0 Å². The minimum atomic E-state index is -2.17. The van der Waals surface area contributed by atoms with Crippen LogP contribution < -0.4 is 0 Å². The fraction of sp³-hybridized carbons (Fsp3) is 0.800. The number of carbonyl (C=O) groups is 1. The van der Waals surface area contributed by atoms with E-state index < -0.39 is 19.9 Å². The highest BCUT2D eigenvalue weighted by Gasteiger charge is 2.17. The van der Waals surface area contributed by atoms with Gasteiger partial charge in [-0.05, 0) is 4.57 Å². The number of carboxylic acid groups (broad SMARTS) is 1. The van der Waals surface area contributed by atoms with Crippen molar-refractivity contribution < 1.29 is 19.4 Å². The summed E-state index contributed by atoms with van der Waals surface area (Å²) >= 11 is 0. The normalized spacial score (nSPS) is 14.4. The number of aliphatic carboxylic acids is 1. The Balaban J connectivity index is 3.49. The molecule has 0 saturated heterocycles. The molecule has 0 aliphatic carbocycles. The van der Waals surface area contributed by atoms with E-state index in [4.69, 9.17) is 10.00 Å². The van der Waals surface area contributed by atoms with Crippen LogP contribution in [0.4, 0.5) is 0 Å². The highest BCUT2D eigenvalue weighted by molar-refractivity contribution is 7.37. The minimum absolute atomic E-state index is 0.0722. The zero-order valence-electron chi connectivity index (χ0n) is 5.65. The standard InChI is InChI=1S/C5H9O4P/c1-4(5(6)7)2-3-10(8)9/h4H,2-3H2,1H3,(H-,6,7,8,9)/p+1. The Morgan fingerprint density at radius 3 is 2.50 bits per heavy atom. The Labute approximate surface area is 59.7 Å². The van der Waals surface area contributed by atoms with Crippen LogP contribution in [0.15, 0.2) is 0 Å². The molecule has 0 aliphatic rings. The molecule has 0 saturated carbocycles. The zero-order valence-corrected chi connectivity index (χ0v) is 6.54. The first-order chi connectivity index (χ1) is 4.54. The summed E-state index contributed by atoms with van der Waals surface area (Å²) < 4.78 is 10.1. The highest BCUT2D eigenvalue weighted by atomic mass is 31.1. The Bertz CT molecular complexity index is 145. The van der Waals surface area contributed by atoms with Crippen LogP contribution in [-0.2, 0) is 9.36 Å². The van der Waals surface area contributed by atoms with Crippen molar-refractivity contribution in [1.29, 1.82) is 0 Å². The summed E-state index contributed by atoms with van der Waals surface area (Å²) in [4.78, 5) is 18.4. The molecule has 5 heteroatoms. The maximum absolute atomic E-state index is 10.1. The van der Waals surface area contributed by atoms with E-state index in [1.54, 1.807) is 0 Å². The topological polar surface area (TPSA) is 74.6 Å². The molecule has 0 aromatic carbocycles. The molecule has 0 aliphatic heterocycles. The quantitative estimate of drug-likeness (QED) is 0.605. The van der Waals surface area contributed by atoms with E-state index in [-0.39, 0.29) is 12.6 Å². The smallest absolute Gasteiger partial charge is 0.481 e. The second kappa shape index (κ2) is 4.36. The van der Waals surface area contributed by atoms with Crippen LogP contribution in [0.25, 0.3) is 0 Å². The van der Waals surface area contributed by atoms with E-state index in [9.17, 15) is 9.36 Å². The predicted molar refractivity (Wildman–Crippen MR) is 36.1 cm³/mol. The Morgan fingerprint density at radius 1 is 1.70 bits per heavy atom. The summed E-state index contributed by atoms with van der Waals surface area (Å²) in [6.45, 7) is 1.52. The van der Waals surface area contributed by atoms with Gasteiger partial charge in [0.25, 0.3) is 0 Å². The third-order valence-corrected chi connectivity index (χ3v) is 1.82. The van der Waals surface area contributed by atoms with Gasteiger partial charge in [-0.15, -0.1) is 0 Å². The van der Waals surface area contributed by atoms with Crippen LogP contribution in [0, 0.1) is 5.92 Å². The number of hydrogen-bond acceptors (Lipinski definition) is 2. The van der Waals surface area contributed by atoms with Crippen LogP contribution in [0.1, 0.15) is 13.3 Å². The average molecular weight is 165 g/mol. The molecule has 0 aromatic rings. The van der Waals surface area contributed by atoms with E-state index >= 15 is 0 Å². The van der Waals surface area contributed by atoms with Gasteiger partial charge in [0.05, 0.1) is 5.92 Å². The van der Waals surface area contributed by atoms with Crippen LogP contribution in [0.3, 0.4) is 0 Å². The fourth-order valence-electron chi connectivity index (χ4n) is 0.428. The molecule has 0 heterocycles. The monoisotopic (exact) mass is 165 g/mol. The molecule has 0 bridgehead atoms. The van der Waals surface area contributed by atoms with E-state index in [0.29, 0.717) is 0 Å². The van der Waals surface area contributed by atoms with Gasteiger partial charge in [0, 0.05) is 6.42 Å². The lowest BCUT2D eigenvalue weighted by Crippen LogP contribution is -2.09. The molecule has 2 unspecified atom stereocenters. The Morgan fingerprint density at radius 2 is 2.20 bits per heavy atom. The number of hydrogen-bond donors (Lipinski definition) is 2. The molecule has 0 spiro atoms. The molecule has 4 nitrogen and oxygen atoms in total. The van der Waals surface area contributed by atoms with Gasteiger partial charge in [-0.25, -0.2) is 0 Å². The summed E-state index contributed by atoms with van der Waals surface area (Å²) in [5, 5.41) is 8.32. The summed E-state index contributed by atoms with van der Waals surface area (Å²) in [7, 11) is -2.17. The Hall–Kier alpha value is -0.470. The Kier molecular flexibility index (Phi) is 4.16. The lowest BCUT2D eigenvalue weighted by atomic mass is 10.1. The maximum Gasteiger partial charge on any atom is 0.505 e. The SMILES string of the molecule is CC(CC[P+](=O)O)C(=O)O. The van der Waals surface area contributed by atoms with Crippen molar-refractivity contribution in [2.75, 3.05) is 6.16 Å². The average Bonchev–Trinajstić information content (AvgIpc) is 1.82. The van der Waals surface area contributed by atoms with Crippen molar-refractivity contribution >= 4 is 14.0 Å². The van der Waals surface area contributed by atoms with Gasteiger partial charge >= 0.3 is 14.0 Å². The van der Waals surface area contributed by atoms with Crippen LogP contribution >= 0.6 is 8.03 Å². The number of rotatable bonds is 4. The minimum Gasteiger partial charge on any atom is -0.481 e. The third-order valence-electron chi connectivity index (χ3n) is 1.17. The summed E-state index contributed by atoms with van der Waals surface area (Å²) in [5.41, 5.74) is 0. The zero-order chi connectivity index (χ0) is 8.15. The lowest BCUT2D eigenvalue weighted by Gasteiger charge is -1.97. The lowest BCUT2D eigenvalue weighted by molar-refractivity contribution is -0.141. The molecule has 58 valence electrons. The second-order valence-corrected chi connectivity index (χ2v) is 3.26. The molecule has 0 radical (unpaired) electrons. The van der Waals surface area contributed by atoms with Crippen molar-refractivity contribution in [2.24, 2.45) is 5.92 Å². The molecule has 0 fully saturated rings. The van der Waals surface area contributed by atoms with Gasteiger partial charge in [0.1, 0.15) is 0 Å². The first-order valence-electron chi connectivity index (χ1n) is 2.90. The maximum atomic E-state index is 10.1. The van der Waals surface area contributed by atoms with Crippen molar-refractivity contribution in [3.63, 3.8) is 0 Å². The molecule has 0 rings (SSSR count). The van der Waals surface area contributed by atoms with Crippen LogP contribution in [0.2, 0.25) is 0 Å². The van der Waals surface area contributed by atoms with Gasteiger partial charge in [0.2, 0.25) is 0 Å². The number of carboxylic acids is 1. The van der Waals surface area contributed by atoms with E-state index in [0.717, 1.165) is 0 Å². The van der Waals surface area contributed by atoms with Gasteiger partial charge < -0.3 is 5.11 Å². The van der Waals surface area contributed by atoms with Gasteiger partial charge in [-0.2, -0.15) is 4.89 Å². The van der Waals surface area contributed by atoms with E-state index in [2.05, 4.69) is 0 Å². The van der Waals surface area contributed by atoms with E-state index in [1.807, 2.05) is 0 Å². The van der Waals surface area contributed by atoms with Crippen molar-refractivity contribution in [3.05, 3.63) is 0 Å². The first-order valence-corrected chi connectivity index (χ1v) is 4.30.